The van der Waals surface area contributed by atoms with E-state index < -0.39 is 28.6 Å². The Labute approximate surface area is 230 Å². The molecule has 4 heterocycles. The molecule has 14 heteroatoms. The molecule has 1 fully saturated rings. The summed E-state index contributed by atoms with van der Waals surface area (Å²) in [6.45, 7) is 6.09. The van der Waals surface area contributed by atoms with Crippen molar-refractivity contribution in [3.05, 3.63) is 57.8 Å². The van der Waals surface area contributed by atoms with E-state index in [1.807, 2.05) is 0 Å². The monoisotopic (exact) mass is 572 g/mol. The lowest BCUT2D eigenvalue weighted by atomic mass is 10.1. The van der Waals surface area contributed by atoms with Crippen molar-refractivity contribution in [3.8, 4) is 11.4 Å². The molecule has 210 valence electrons. The molecule has 4 aromatic rings. The van der Waals surface area contributed by atoms with Crippen LogP contribution in [0.2, 0.25) is 0 Å². The van der Waals surface area contributed by atoms with E-state index >= 15 is 0 Å². The highest BCUT2D eigenvalue weighted by molar-refractivity contribution is 7.85. The number of halogens is 3. The Morgan fingerprint density at radius 3 is 2.48 bits per heavy atom. The van der Waals surface area contributed by atoms with Crippen LogP contribution in [0.4, 0.5) is 19.0 Å². The van der Waals surface area contributed by atoms with Crippen molar-refractivity contribution in [2.45, 2.75) is 70.1 Å². The standard InChI is InChI=1S/C26H27F3N8O2S/c1-5-40(39)18-9-8-17(30-11-18)10-31-23-25(38)37(15(4)26(27,28)29)24-20(35-23)14(3)34-22(36-24)19-13(2)32-12-33-21(19)16-6-7-16/h8-9,11-12,15-16H,5-7,10H2,1-4H3,(H,31,35)/t15-,40?/m0/s1. The van der Waals surface area contributed by atoms with Gasteiger partial charge in [0.15, 0.2) is 17.3 Å². The van der Waals surface area contributed by atoms with Gasteiger partial charge >= 0.3 is 6.18 Å². The van der Waals surface area contributed by atoms with Crippen molar-refractivity contribution in [2.75, 3.05) is 11.1 Å². The fraction of sp³-hybridized carbons (Fsp3) is 0.423. The molecule has 0 radical (unpaired) electrons. The third kappa shape index (κ3) is 5.31. The predicted molar refractivity (Wildman–Crippen MR) is 143 cm³/mol. The van der Waals surface area contributed by atoms with Crippen molar-refractivity contribution >= 4 is 27.8 Å². The minimum absolute atomic E-state index is 0.0104. The highest BCUT2D eigenvalue weighted by atomic mass is 32.2. The van der Waals surface area contributed by atoms with Crippen LogP contribution >= 0.6 is 0 Å². The van der Waals surface area contributed by atoms with Crippen molar-refractivity contribution in [1.82, 2.24) is 34.5 Å². The predicted octanol–water partition coefficient (Wildman–Crippen LogP) is 4.40. The van der Waals surface area contributed by atoms with Crippen molar-refractivity contribution in [1.29, 1.82) is 0 Å². The van der Waals surface area contributed by atoms with E-state index in [9.17, 15) is 22.2 Å². The largest absolute Gasteiger partial charge is 0.409 e. The molecule has 40 heavy (non-hydrogen) atoms. The number of nitrogens with zero attached hydrogens (tertiary/aromatic N) is 7. The first-order valence-electron chi connectivity index (χ1n) is 12.8. The van der Waals surface area contributed by atoms with Gasteiger partial charge in [0.05, 0.1) is 50.6 Å². The number of fused-ring (bicyclic) bond motifs is 1. The van der Waals surface area contributed by atoms with Crippen LogP contribution in [0, 0.1) is 13.8 Å². The van der Waals surface area contributed by atoms with E-state index in [2.05, 4.69) is 35.2 Å². The molecule has 0 aromatic carbocycles. The molecule has 1 aliphatic carbocycles. The minimum atomic E-state index is -4.73. The van der Waals surface area contributed by atoms with Crippen LogP contribution in [0.5, 0.6) is 0 Å². The van der Waals surface area contributed by atoms with Gasteiger partial charge in [0.2, 0.25) is 0 Å². The van der Waals surface area contributed by atoms with Crippen molar-refractivity contribution in [3.63, 3.8) is 0 Å². The van der Waals surface area contributed by atoms with E-state index in [0.29, 0.717) is 37.9 Å². The second-order valence-electron chi connectivity index (χ2n) is 9.62. The highest BCUT2D eigenvalue weighted by Gasteiger charge is 2.40. The lowest BCUT2D eigenvalue weighted by Crippen LogP contribution is -2.35. The zero-order valence-electron chi connectivity index (χ0n) is 22.3. The van der Waals surface area contributed by atoms with Crippen LogP contribution < -0.4 is 10.9 Å². The number of anilines is 1. The maximum absolute atomic E-state index is 14.0. The van der Waals surface area contributed by atoms with Crippen LogP contribution in [0.15, 0.2) is 34.3 Å². The molecule has 1 saturated carbocycles. The molecule has 10 nitrogen and oxygen atoms in total. The third-order valence-electron chi connectivity index (χ3n) is 6.79. The normalized spacial score (nSPS) is 15.3. The van der Waals surface area contributed by atoms with Crippen LogP contribution in [0.3, 0.4) is 0 Å². The first-order chi connectivity index (χ1) is 19.0. The van der Waals surface area contributed by atoms with Gasteiger partial charge in [0.1, 0.15) is 17.9 Å². The molecule has 1 N–H and O–H groups in total. The van der Waals surface area contributed by atoms with Crippen LogP contribution in [0.25, 0.3) is 22.6 Å². The Morgan fingerprint density at radius 2 is 1.85 bits per heavy atom. The molecule has 1 unspecified atom stereocenters. The summed E-state index contributed by atoms with van der Waals surface area (Å²) in [5.41, 5.74) is 1.56. The number of hydrogen-bond acceptors (Lipinski definition) is 9. The van der Waals surface area contributed by atoms with Gasteiger partial charge < -0.3 is 5.32 Å². The SMILES string of the molecule is CCS(=O)c1ccc(CNc2nc3c(C)nc(-c4c(C)ncnc4C4CC4)nc3n([C@@H](C)C(F)(F)F)c2=O)nc1. The molecule has 5 rings (SSSR count). The van der Waals surface area contributed by atoms with Gasteiger partial charge in [-0.05, 0) is 45.7 Å². The van der Waals surface area contributed by atoms with E-state index in [-0.39, 0.29) is 35.3 Å². The summed E-state index contributed by atoms with van der Waals surface area (Å²) in [6.07, 6.45) is 0.0743. The second-order valence-corrected chi connectivity index (χ2v) is 11.4. The Kier molecular flexibility index (Phi) is 7.38. The number of aromatic nitrogens is 7. The number of hydrogen-bond donors (Lipinski definition) is 1. The lowest BCUT2D eigenvalue weighted by molar-refractivity contribution is -0.162. The topological polar surface area (TPSA) is 128 Å². The molecule has 0 aliphatic heterocycles. The quantitative estimate of drug-likeness (QED) is 0.327. The minimum Gasteiger partial charge on any atom is -0.360 e. The summed E-state index contributed by atoms with van der Waals surface area (Å²) in [5.74, 6) is 0.522. The molecule has 0 saturated heterocycles. The summed E-state index contributed by atoms with van der Waals surface area (Å²) in [6, 6.07) is 1.10. The van der Waals surface area contributed by atoms with Gasteiger partial charge in [-0.3, -0.25) is 18.6 Å². The molecule has 2 atom stereocenters. The zero-order valence-corrected chi connectivity index (χ0v) is 23.1. The molecular formula is C26H27F3N8O2S. The van der Waals surface area contributed by atoms with Gasteiger partial charge in [-0.15, -0.1) is 0 Å². The van der Waals surface area contributed by atoms with Crippen LogP contribution in [0.1, 0.15) is 61.4 Å². The van der Waals surface area contributed by atoms with Crippen LogP contribution in [-0.2, 0) is 17.3 Å². The average molecular weight is 573 g/mol. The van der Waals surface area contributed by atoms with Crippen LogP contribution in [-0.4, -0.2) is 50.6 Å². The van der Waals surface area contributed by atoms with Crippen molar-refractivity contribution in [2.24, 2.45) is 0 Å². The summed E-state index contributed by atoms with van der Waals surface area (Å²) < 4.78 is 54.7. The van der Waals surface area contributed by atoms with Gasteiger partial charge in [-0.25, -0.2) is 24.9 Å². The van der Waals surface area contributed by atoms with Gasteiger partial charge in [-0.1, -0.05) is 6.92 Å². The van der Waals surface area contributed by atoms with E-state index in [1.165, 1.54) is 12.5 Å². The first kappa shape index (κ1) is 27.7. The lowest BCUT2D eigenvalue weighted by Gasteiger charge is -2.22. The Hall–Kier alpha value is -3.81. The van der Waals surface area contributed by atoms with E-state index in [1.54, 1.807) is 32.9 Å². The molecule has 0 spiro atoms. The van der Waals surface area contributed by atoms with Gasteiger partial charge in [0.25, 0.3) is 5.56 Å². The molecule has 0 amide bonds. The summed E-state index contributed by atoms with van der Waals surface area (Å²) in [5, 5.41) is 2.82. The smallest absolute Gasteiger partial charge is 0.360 e. The van der Waals surface area contributed by atoms with Gasteiger partial charge in [-0.2, -0.15) is 13.2 Å². The van der Waals surface area contributed by atoms with Crippen molar-refractivity contribution < 1.29 is 17.4 Å². The average Bonchev–Trinajstić information content (AvgIpc) is 3.76. The Morgan fingerprint density at radius 1 is 1.10 bits per heavy atom. The molecule has 1 aliphatic rings. The van der Waals surface area contributed by atoms with E-state index in [4.69, 9.17) is 0 Å². The zero-order chi connectivity index (χ0) is 28.8. The number of alkyl halides is 3. The molecular weight excluding hydrogens is 545 g/mol. The maximum Gasteiger partial charge on any atom is 0.409 e. The summed E-state index contributed by atoms with van der Waals surface area (Å²) >= 11 is 0. The molecule has 0 bridgehead atoms. The number of pyridine rings is 1. The number of aryl methyl sites for hydroxylation is 2. The fourth-order valence-corrected chi connectivity index (χ4v) is 5.10. The number of nitrogens with one attached hydrogen (secondary N) is 1. The second kappa shape index (κ2) is 10.6. The highest BCUT2D eigenvalue weighted by Crippen LogP contribution is 2.43. The third-order valence-corrected chi connectivity index (χ3v) is 8.08. The molecule has 4 aromatic heterocycles. The fourth-order valence-electron chi connectivity index (χ4n) is 4.38. The van der Waals surface area contributed by atoms with E-state index in [0.717, 1.165) is 25.5 Å². The summed E-state index contributed by atoms with van der Waals surface area (Å²) in [4.78, 5) is 40.3. The first-order valence-corrected chi connectivity index (χ1v) is 14.1. The van der Waals surface area contributed by atoms with Gasteiger partial charge in [0, 0.05) is 17.9 Å². The summed E-state index contributed by atoms with van der Waals surface area (Å²) in [7, 11) is -1.17. The Bertz CT molecular complexity index is 1670. The Balaban J connectivity index is 1.62. The maximum atomic E-state index is 14.0. The number of rotatable bonds is 8.